The first-order valence-corrected chi connectivity index (χ1v) is 5.73. The van der Waals surface area contributed by atoms with Gasteiger partial charge in [0.15, 0.2) is 0 Å². The molecule has 1 unspecified atom stereocenters. The number of pyridine rings is 1. The molecule has 1 aliphatic rings. The van der Waals surface area contributed by atoms with Crippen LogP contribution in [0, 0.1) is 5.92 Å². The van der Waals surface area contributed by atoms with Crippen molar-refractivity contribution in [3.05, 3.63) is 24.4 Å². The zero-order chi connectivity index (χ0) is 10.7. The maximum Gasteiger partial charge on any atom is 0.213 e. The van der Waals surface area contributed by atoms with Crippen LogP contribution in [0.5, 0.6) is 5.88 Å². The van der Waals surface area contributed by atoms with Crippen LogP contribution in [0.3, 0.4) is 0 Å². The van der Waals surface area contributed by atoms with Crippen LogP contribution in [0.2, 0.25) is 0 Å². The van der Waals surface area contributed by atoms with Gasteiger partial charge in [-0.15, -0.1) is 0 Å². The number of rotatable bonds is 4. The van der Waals surface area contributed by atoms with Gasteiger partial charge in [-0.3, -0.25) is 4.90 Å². The van der Waals surface area contributed by atoms with Crippen LogP contribution in [0.15, 0.2) is 24.4 Å². The molecule has 4 heteroatoms. The third-order valence-electron chi connectivity index (χ3n) is 2.62. The van der Waals surface area contributed by atoms with Crippen molar-refractivity contribution < 1.29 is 4.74 Å². The maximum absolute atomic E-state index is 5.58. The Hall–Kier alpha value is -0.740. The molecule has 0 aliphatic carbocycles. The first-order valence-electron chi connectivity index (χ1n) is 5.21. The highest BCUT2D eigenvalue weighted by atomic mass is 32.1. The molecule has 0 amide bonds. The Morgan fingerprint density at radius 3 is 3.00 bits per heavy atom. The molecule has 0 saturated carbocycles. The van der Waals surface area contributed by atoms with Crippen molar-refractivity contribution in [3.8, 4) is 5.88 Å². The summed E-state index contributed by atoms with van der Waals surface area (Å²) in [5.74, 6) is 1.34. The van der Waals surface area contributed by atoms with E-state index in [2.05, 4.69) is 29.4 Å². The molecule has 2 heterocycles. The van der Waals surface area contributed by atoms with Crippen molar-refractivity contribution in [3.63, 3.8) is 0 Å². The fourth-order valence-electron chi connectivity index (χ4n) is 1.66. The minimum Gasteiger partial charge on any atom is -0.477 e. The van der Waals surface area contributed by atoms with Gasteiger partial charge < -0.3 is 4.74 Å². The van der Waals surface area contributed by atoms with Crippen molar-refractivity contribution >= 4 is 12.6 Å². The summed E-state index contributed by atoms with van der Waals surface area (Å²) in [5.41, 5.74) is 0. The maximum atomic E-state index is 5.58. The zero-order valence-corrected chi connectivity index (χ0v) is 9.73. The Kier molecular flexibility index (Phi) is 3.49. The van der Waals surface area contributed by atoms with Crippen LogP contribution in [0.1, 0.15) is 6.92 Å². The van der Waals surface area contributed by atoms with Gasteiger partial charge in [-0.05, 0) is 13.0 Å². The lowest BCUT2D eigenvalue weighted by Crippen LogP contribution is -2.51. The molecular weight excluding hydrogens is 208 g/mol. The molecule has 1 saturated heterocycles. The highest BCUT2D eigenvalue weighted by Crippen LogP contribution is 2.20. The molecule has 0 radical (unpaired) electrons. The fourth-order valence-corrected chi connectivity index (χ4v) is 1.84. The highest BCUT2D eigenvalue weighted by Gasteiger charge is 2.29. The summed E-state index contributed by atoms with van der Waals surface area (Å²) in [4.78, 5) is 6.43. The average molecular weight is 224 g/mol. The molecule has 1 fully saturated rings. The summed E-state index contributed by atoms with van der Waals surface area (Å²) in [7, 11) is 0. The van der Waals surface area contributed by atoms with Gasteiger partial charge in [0.05, 0.1) is 6.61 Å². The van der Waals surface area contributed by atoms with Crippen LogP contribution >= 0.6 is 12.6 Å². The molecule has 3 nitrogen and oxygen atoms in total. The monoisotopic (exact) mass is 224 g/mol. The standard InChI is InChI=1S/C11H16N2OS/c1-9(15)13-6-10(7-13)8-14-11-4-2-3-5-12-11/h2-5,9-10,15H,6-8H2,1H3. The molecule has 1 aromatic rings. The molecule has 1 aromatic heterocycles. The van der Waals surface area contributed by atoms with Crippen LogP contribution in [0.4, 0.5) is 0 Å². The Labute approximate surface area is 95.9 Å². The van der Waals surface area contributed by atoms with Crippen molar-refractivity contribution in [2.45, 2.75) is 12.3 Å². The first-order chi connectivity index (χ1) is 7.25. The fraction of sp³-hybridized carbons (Fsp3) is 0.545. The van der Waals surface area contributed by atoms with Gasteiger partial charge in [0.2, 0.25) is 5.88 Å². The van der Waals surface area contributed by atoms with Crippen molar-refractivity contribution in [2.75, 3.05) is 19.7 Å². The predicted octanol–water partition coefficient (Wildman–Crippen LogP) is 1.67. The van der Waals surface area contributed by atoms with Crippen LogP contribution in [-0.4, -0.2) is 35.0 Å². The quantitative estimate of drug-likeness (QED) is 0.788. The van der Waals surface area contributed by atoms with E-state index in [4.69, 9.17) is 4.74 Å². The summed E-state index contributed by atoms with van der Waals surface area (Å²) in [5, 5.41) is 0.358. The molecule has 0 bridgehead atoms. The van der Waals surface area contributed by atoms with Gasteiger partial charge in [-0.2, -0.15) is 12.6 Å². The molecule has 0 N–H and O–H groups in total. The second kappa shape index (κ2) is 4.86. The van der Waals surface area contributed by atoms with Gasteiger partial charge >= 0.3 is 0 Å². The molecule has 0 spiro atoms. The summed E-state index contributed by atoms with van der Waals surface area (Å²) in [6, 6.07) is 5.71. The SMILES string of the molecule is CC(S)N1CC(COc2ccccn2)C1. The van der Waals surface area contributed by atoms with E-state index in [1.807, 2.05) is 18.2 Å². The third-order valence-corrected chi connectivity index (χ3v) is 2.95. The lowest BCUT2D eigenvalue weighted by atomic mass is 10.0. The molecule has 82 valence electrons. The molecule has 0 aromatic carbocycles. The number of aromatic nitrogens is 1. The van der Waals surface area contributed by atoms with E-state index in [0.29, 0.717) is 11.3 Å². The van der Waals surface area contributed by atoms with Gasteiger partial charge in [0.25, 0.3) is 0 Å². The number of likely N-dealkylation sites (tertiary alicyclic amines) is 1. The van der Waals surface area contributed by atoms with E-state index in [9.17, 15) is 0 Å². The van der Waals surface area contributed by atoms with E-state index < -0.39 is 0 Å². The summed E-state index contributed by atoms with van der Waals surface area (Å²) in [6.07, 6.45) is 1.75. The van der Waals surface area contributed by atoms with Gasteiger partial charge in [0, 0.05) is 36.6 Å². The summed E-state index contributed by atoms with van der Waals surface area (Å²) < 4.78 is 5.58. The highest BCUT2D eigenvalue weighted by molar-refractivity contribution is 7.80. The minimum absolute atomic E-state index is 0.358. The van der Waals surface area contributed by atoms with Crippen molar-refractivity contribution in [1.29, 1.82) is 0 Å². The molecule has 15 heavy (non-hydrogen) atoms. The Balaban J connectivity index is 1.69. The zero-order valence-electron chi connectivity index (χ0n) is 8.84. The number of hydrogen-bond acceptors (Lipinski definition) is 4. The van der Waals surface area contributed by atoms with E-state index in [0.717, 1.165) is 25.6 Å². The van der Waals surface area contributed by atoms with Gasteiger partial charge in [-0.25, -0.2) is 4.98 Å². The van der Waals surface area contributed by atoms with Gasteiger partial charge in [-0.1, -0.05) is 6.07 Å². The van der Waals surface area contributed by atoms with E-state index >= 15 is 0 Å². The smallest absolute Gasteiger partial charge is 0.213 e. The molecule has 1 atom stereocenters. The predicted molar refractivity (Wildman–Crippen MR) is 63.2 cm³/mol. The minimum atomic E-state index is 0.358. The number of hydrogen-bond donors (Lipinski definition) is 1. The molecule has 2 rings (SSSR count). The Morgan fingerprint density at radius 2 is 2.40 bits per heavy atom. The van der Waals surface area contributed by atoms with Crippen LogP contribution in [0.25, 0.3) is 0 Å². The van der Waals surface area contributed by atoms with Gasteiger partial charge in [0.1, 0.15) is 0 Å². The first kappa shape index (κ1) is 10.8. The van der Waals surface area contributed by atoms with Crippen molar-refractivity contribution in [2.24, 2.45) is 5.92 Å². The van der Waals surface area contributed by atoms with E-state index in [-0.39, 0.29) is 0 Å². The largest absolute Gasteiger partial charge is 0.477 e. The lowest BCUT2D eigenvalue weighted by Gasteiger charge is -2.41. The third kappa shape index (κ3) is 2.86. The topological polar surface area (TPSA) is 25.4 Å². The van der Waals surface area contributed by atoms with Crippen LogP contribution < -0.4 is 4.74 Å². The molecular formula is C11H16N2OS. The lowest BCUT2D eigenvalue weighted by molar-refractivity contribution is 0.0566. The summed E-state index contributed by atoms with van der Waals surface area (Å²) in [6.45, 7) is 5.02. The van der Waals surface area contributed by atoms with Crippen LogP contribution in [-0.2, 0) is 0 Å². The number of ether oxygens (including phenoxy) is 1. The molecule has 1 aliphatic heterocycles. The normalized spacial score (nSPS) is 19.6. The second-order valence-electron chi connectivity index (χ2n) is 3.93. The van der Waals surface area contributed by atoms with E-state index in [1.165, 1.54) is 0 Å². The average Bonchev–Trinajstić information content (AvgIpc) is 2.16. The van der Waals surface area contributed by atoms with Crippen molar-refractivity contribution in [1.82, 2.24) is 9.88 Å². The number of nitrogens with zero attached hydrogens (tertiary/aromatic N) is 2. The van der Waals surface area contributed by atoms with E-state index in [1.54, 1.807) is 6.20 Å². The summed E-state index contributed by atoms with van der Waals surface area (Å²) >= 11 is 4.38. The Bertz CT molecular complexity index is 299. The Morgan fingerprint density at radius 1 is 1.60 bits per heavy atom. The number of thiol groups is 1. The second-order valence-corrected chi connectivity index (χ2v) is 4.68.